The van der Waals surface area contributed by atoms with Gasteiger partial charge in [-0.3, -0.25) is 9.69 Å². The number of anilines is 1. The Bertz CT molecular complexity index is 865. The minimum absolute atomic E-state index is 0.0872. The first-order valence-corrected chi connectivity index (χ1v) is 10.7. The number of thiazole rings is 1. The third-order valence-corrected chi connectivity index (χ3v) is 6.62. The van der Waals surface area contributed by atoms with Gasteiger partial charge >= 0.3 is 0 Å². The van der Waals surface area contributed by atoms with E-state index in [2.05, 4.69) is 15.2 Å². The normalized spacial score (nSPS) is 24.9. The Kier molecular flexibility index (Phi) is 5.96. The van der Waals surface area contributed by atoms with Gasteiger partial charge in [-0.25, -0.2) is 9.37 Å². The molecule has 0 radical (unpaired) electrons. The lowest BCUT2D eigenvalue weighted by Crippen LogP contribution is -2.58. The number of likely N-dealkylation sites (tertiary alicyclic amines) is 1. The zero-order valence-corrected chi connectivity index (χ0v) is 17.6. The number of aromatic nitrogens is 1. The molecule has 1 aromatic carbocycles. The molecule has 1 aromatic heterocycles. The highest BCUT2D eigenvalue weighted by Gasteiger charge is 2.47. The van der Waals surface area contributed by atoms with Crippen LogP contribution in [0.2, 0.25) is 0 Å². The number of carbonyl (C=O) groups excluding carboxylic acids is 1. The van der Waals surface area contributed by atoms with Gasteiger partial charge in [0.1, 0.15) is 11.4 Å². The summed E-state index contributed by atoms with van der Waals surface area (Å²) in [4.78, 5) is 20.3. The molecule has 156 valence electrons. The van der Waals surface area contributed by atoms with Gasteiger partial charge in [-0.1, -0.05) is 0 Å². The molecule has 0 saturated carbocycles. The van der Waals surface area contributed by atoms with Gasteiger partial charge in [-0.15, -0.1) is 11.3 Å². The third-order valence-electron chi connectivity index (χ3n) is 5.73. The van der Waals surface area contributed by atoms with Crippen molar-refractivity contribution in [3.8, 4) is 11.3 Å². The van der Waals surface area contributed by atoms with Crippen LogP contribution in [0.4, 0.5) is 9.52 Å². The van der Waals surface area contributed by atoms with E-state index in [4.69, 9.17) is 9.47 Å². The molecule has 3 heterocycles. The number of hydrogen-bond acceptors (Lipinski definition) is 6. The fourth-order valence-electron chi connectivity index (χ4n) is 4.37. The minimum Gasteiger partial charge on any atom is -0.378 e. The van der Waals surface area contributed by atoms with Crippen LogP contribution < -0.4 is 5.32 Å². The molecule has 29 heavy (non-hydrogen) atoms. The average molecular weight is 420 g/mol. The predicted molar refractivity (Wildman–Crippen MR) is 111 cm³/mol. The zero-order valence-electron chi connectivity index (χ0n) is 16.7. The quantitative estimate of drug-likeness (QED) is 0.804. The Hall–Kier alpha value is -1.87. The summed E-state index contributed by atoms with van der Waals surface area (Å²) < 4.78 is 24.9. The van der Waals surface area contributed by atoms with Gasteiger partial charge in [0.25, 0.3) is 0 Å². The van der Waals surface area contributed by atoms with E-state index >= 15 is 0 Å². The van der Waals surface area contributed by atoms with Gasteiger partial charge in [0.2, 0.25) is 5.91 Å². The summed E-state index contributed by atoms with van der Waals surface area (Å²) in [5.74, 6) is -0.371. The van der Waals surface area contributed by atoms with E-state index in [1.165, 1.54) is 23.5 Å². The highest BCUT2D eigenvalue weighted by Crippen LogP contribution is 2.36. The summed E-state index contributed by atoms with van der Waals surface area (Å²) in [6, 6.07) is 6.22. The maximum atomic E-state index is 13.2. The lowest BCUT2D eigenvalue weighted by Gasteiger charge is -2.44. The van der Waals surface area contributed by atoms with Crippen molar-refractivity contribution < 1.29 is 18.7 Å². The highest BCUT2D eigenvalue weighted by atomic mass is 32.1. The molecule has 2 atom stereocenters. The van der Waals surface area contributed by atoms with Crippen LogP contribution in [0.3, 0.4) is 0 Å². The van der Waals surface area contributed by atoms with Gasteiger partial charge in [-0.05, 0) is 50.5 Å². The molecule has 0 aliphatic carbocycles. The average Bonchev–Trinajstić information content (AvgIpc) is 3.29. The molecule has 2 saturated heterocycles. The maximum Gasteiger partial charge on any atom is 0.240 e. The van der Waals surface area contributed by atoms with E-state index in [9.17, 15) is 9.18 Å². The highest BCUT2D eigenvalue weighted by molar-refractivity contribution is 7.16. The maximum absolute atomic E-state index is 13.2. The van der Waals surface area contributed by atoms with Crippen LogP contribution in [0.1, 0.15) is 24.1 Å². The van der Waals surface area contributed by atoms with Crippen molar-refractivity contribution in [2.75, 3.05) is 38.7 Å². The van der Waals surface area contributed by atoms with Crippen molar-refractivity contribution in [2.24, 2.45) is 0 Å². The first-order valence-electron chi connectivity index (χ1n) is 9.91. The minimum atomic E-state index is -0.291. The molecule has 4 rings (SSSR count). The van der Waals surface area contributed by atoms with E-state index < -0.39 is 0 Å². The molecule has 2 aromatic rings. The van der Waals surface area contributed by atoms with Crippen molar-refractivity contribution in [1.29, 1.82) is 0 Å². The number of amides is 1. The summed E-state index contributed by atoms with van der Waals surface area (Å²) in [5, 5.41) is 3.48. The number of nitrogens with one attached hydrogen (secondary N) is 1. The van der Waals surface area contributed by atoms with Crippen molar-refractivity contribution >= 4 is 22.4 Å². The Morgan fingerprint density at radius 3 is 2.93 bits per heavy atom. The molecule has 8 heteroatoms. The number of halogens is 1. The standard InChI is InChI=1S/C21H26FN3O3S/c1-14-19(15-4-6-16(22)7-5-15)24-20(29-14)23-18(26)12-25-10-8-17(27-2)21(13-25)9-3-11-28-21/h4-7,17H,3,8-13H2,1-2H3,(H,23,24,26)/t17-,21+/m1/s1. The summed E-state index contributed by atoms with van der Waals surface area (Å²) in [6.07, 6.45) is 2.94. The van der Waals surface area contributed by atoms with Crippen molar-refractivity contribution in [3.05, 3.63) is 35.0 Å². The molecule has 0 unspecified atom stereocenters. The summed E-state index contributed by atoms with van der Waals surface area (Å²) in [6.45, 7) is 4.50. The van der Waals surface area contributed by atoms with E-state index in [0.29, 0.717) is 18.2 Å². The van der Waals surface area contributed by atoms with Crippen LogP contribution in [0.25, 0.3) is 11.3 Å². The number of rotatable bonds is 5. The topological polar surface area (TPSA) is 63.7 Å². The molecular weight excluding hydrogens is 393 g/mol. The van der Waals surface area contributed by atoms with E-state index in [0.717, 1.165) is 48.5 Å². The molecule has 0 bridgehead atoms. The number of benzene rings is 1. The van der Waals surface area contributed by atoms with Gasteiger partial charge < -0.3 is 14.8 Å². The molecule has 1 N–H and O–H groups in total. The Balaban J connectivity index is 1.39. The largest absolute Gasteiger partial charge is 0.378 e. The molecular formula is C21H26FN3O3S. The number of aryl methyl sites for hydroxylation is 1. The fourth-order valence-corrected chi connectivity index (χ4v) is 5.23. The monoisotopic (exact) mass is 419 g/mol. The predicted octanol–water partition coefficient (Wildman–Crippen LogP) is 3.47. The SMILES string of the molecule is CO[C@@H]1CCN(CC(=O)Nc2nc(-c3ccc(F)cc3)c(C)s2)C[C@@]12CCCO2. The van der Waals surface area contributed by atoms with Crippen LogP contribution in [0, 0.1) is 12.7 Å². The first-order chi connectivity index (χ1) is 14.0. The number of hydrogen-bond donors (Lipinski definition) is 1. The second-order valence-electron chi connectivity index (χ2n) is 7.72. The summed E-state index contributed by atoms with van der Waals surface area (Å²) in [7, 11) is 1.74. The number of nitrogens with zero attached hydrogens (tertiary/aromatic N) is 2. The fraction of sp³-hybridized carbons (Fsp3) is 0.524. The van der Waals surface area contributed by atoms with E-state index in [-0.39, 0.29) is 23.4 Å². The second kappa shape index (κ2) is 8.47. The third kappa shape index (κ3) is 4.35. The Morgan fingerprint density at radius 1 is 1.45 bits per heavy atom. The van der Waals surface area contributed by atoms with Crippen LogP contribution in [0.15, 0.2) is 24.3 Å². The smallest absolute Gasteiger partial charge is 0.240 e. The van der Waals surface area contributed by atoms with Gasteiger partial charge in [0, 0.05) is 37.2 Å². The second-order valence-corrected chi connectivity index (χ2v) is 8.92. The zero-order chi connectivity index (χ0) is 20.4. The molecule has 1 spiro atoms. The van der Waals surface area contributed by atoms with Crippen molar-refractivity contribution in [2.45, 2.75) is 37.9 Å². The summed E-state index contributed by atoms with van der Waals surface area (Å²) >= 11 is 1.43. The Labute approximate surface area is 174 Å². The van der Waals surface area contributed by atoms with E-state index in [1.807, 2.05) is 6.92 Å². The number of carbonyl (C=O) groups is 1. The number of piperidine rings is 1. The number of methoxy groups -OCH3 is 1. The van der Waals surface area contributed by atoms with Crippen LogP contribution in [-0.2, 0) is 14.3 Å². The first kappa shape index (κ1) is 20.4. The van der Waals surface area contributed by atoms with Crippen molar-refractivity contribution in [1.82, 2.24) is 9.88 Å². The molecule has 2 fully saturated rings. The lowest BCUT2D eigenvalue weighted by molar-refractivity contribution is -0.146. The van der Waals surface area contributed by atoms with Crippen LogP contribution in [0.5, 0.6) is 0 Å². The van der Waals surface area contributed by atoms with Crippen molar-refractivity contribution in [3.63, 3.8) is 0 Å². The van der Waals surface area contributed by atoms with Crippen LogP contribution >= 0.6 is 11.3 Å². The molecule has 2 aliphatic heterocycles. The molecule has 6 nitrogen and oxygen atoms in total. The van der Waals surface area contributed by atoms with Gasteiger partial charge in [0.15, 0.2) is 5.13 Å². The molecule has 2 aliphatic rings. The Morgan fingerprint density at radius 2 is 2.24 bits per heavy atom. The lowest BCUT2D eigenvalue weighted by atomic mass is 9.87. The van der Waals surface area contributed by atoms with E-state index in [1.54, 1.807) is 19.2 Å². The summed E-state index contributed by atoms with van der Waals surface area (Å²) in [5.41, 5.74) is 1.31. The molecule has 1 amide bonds. The van der Waals surface area contributed by atoms with Gasteiger partial charge in [0.05, 0.1) is 18.3 Å². The number of ether oxygens (including phenoxy) is 2. The van der Waals surface area contributed by atoms with Crippen LogP contribution in [-0.4, -0.2) is 60.8 Å². The van der Waals surface area contributed by atoms with Gasteiger partial charge in [-0.2, -0.15) is 0 Å².